The maximum Gasteiger partial charge on any atom is 0.228 e. The minimum Gasteiger partial charge on any atom is -0.356 e. The number of unbranched alkanes of at least 4 members (excludes halogenated alkanes) is 2. The van der Waals surface area contributed by atoms with Gasteiger partial charge < -0.3 is 10.6 Å². The number of anilines is 1. The van der Waals surface area contributed by atoms with Crippen LogP contribution in [0.1, 0.15) is 54.9 Å². The fraction of sp³-hybridized carbons (Fsp3) is 0.471. The van der Waals surface area contributed by atoms with Crippen molar-refractivity contribution in [2.45, 2.75) is 45.4 Å². The van der Waals surface area contributed by atoms with E-state index in [0.717, 1.165) is 30.5 Å². The second-order valence-corrected chi connectivity index (χ2v) is 5.58. The van der Waals surface area contributed by atoms with Gasteiger partial charge in [-0.3, -0.25) is 14.4 Å². The highest BCUT2D eigenvalue weighted by atomic mass is 16.2. The molecule has 2 amide bonds. The zero-order chi connectivity index (χ0) is 15.9. The molecule has 0 radical (unpaired) electrons. The van der Waals surface area contributed by atoms with Crippen LogP contribution in [-0.2, 0) is 16.0 Å². The van der Waals surface area contributed by atoms with Crippen LogP contribution in [-0.4, -0.2) is 24.1 Å². The van der Waals surface area contributed by atoms with Gasteiger partial charge in [0.25, 0.3) is 0 Å². The Hall–Kier alpha value is -2.17. The van der Waals surface area contributed by atoms with E-state index >= 15 is 0 Å². The Bertz CT molecular complexity index is 581. The molecule has 1 aliphatic rings. The van der Waals surface area contributed by atoms with Crippen LogP contribution in [0.5, 0.6) is 0 Å². The molecule has 0 atom stereocenters. The summed E-state index contributed by atoms with van der Waals surface area (Å²) in [4.78, 5) is 35.1. The average molecular weight is 302 g/mol. The Kier molecular flexibility index (Phi) is 5.69. The van der Waals surface area contributed by atoms with Crippen LogP contribution < -0.4 is 10.6 Å². The lowest BCUT2D eigenvalue weighted by molar-refractivity contribution is -0.121. The summed E-state index contributed by atoms with van der Waals surface area (Å²) in [6, 6.07) is 5.19. The van der Waals surface area contributed by atoms with Gasteiger partial charge in [-0.1, -0.05) is 19.8 Å². The van der Waals surface area contributed by atoms with E-state index in [2.05, 4.69) is 17.6 Å². The lowest BCUT2D eigenvalue weighted by atomic mass is 10.0. The molecule has 0 bridgehead atoms. The van der Waals surface area contributed by atoms with Crippen LogP contribution in [0.4, 0.5) is 5.69 Å². The van der Waals surface area contributed by atoms with E-state index in [1.165, 1.54) is 0 Å². The summed E-state index contributed by atoms with van der Waals surface area (Å²) in [5.74, 6) is -0.195. The van der Waals surface area contributed by atoms with Gasteiger partial charge in [0.05, 0.1) is 6.42 Å². The largest absolute Gasteiger partial charge is 0.356 e. The highest BCUT2D eigenvalue weighted by Gasteiger charge is 2.19. The molecule has 2 N–H and O–H groups in total. The molecule has 118 valence electrons. The Morgan fingerprint density at radius 3 is 2.82 bits per heavy atom. The number of rotatable bonds is 8. The van der Waals surface area contributed by atoms with Gasteiger partial charge in [0, 0.05) is 30.6 Å². The summed E-state index contributed by atoms with van der Waals surface area (Å²) in [5, 5.41) is 5.56. The van der Waals surface area contributed by atoms with E-state index in [4.69, 9.17) is 0 Å². The van der Waals surface area contributed by atoms with E-state index in [1.807, 2.05) is 0 Å². The molecular formula is C17H22N2O3. The molecule has 0 fully saturated rings. The third-order valence-electron chi connectivity index (χ3n) is 3.73. The quantitative estimate of drug-likeness (QED) is 0.572. The van der Waals surface area contributed by atoms with Crippen LogP contribution in [0.3, 0.4) is 0 Å². The second kappa shape index (κ2) is 7.73. The first-order chi connectivity index (χ1) is 10.6. The smallest absolute Gasteiger partial charge is 0.228 e. The van der Waals surface area contributed by atoms with Gasteiger partial charge in [-0.2, -0.15) is 0 Å². The van der Waals surface area contributed by atoms with Gasteiger partial charge in [0.2, 0.25) is 11.8 Å². The molecule has 0 saturated heterocycles. The SMILES string of the molecule is CCCCCNC(=O)CCC(=O)c1ccc2c(c1)CC(=O)N2. The second-order valence-electron chi connectivity index (χ2n) is 5.58. The Morgan fingerprint density at radius 2 is 2.05 bits per heavy atom. The van der Waals surface area contributed by atoms with Gasteiger partial charge in [-0.25, -0.2) is 0 Å². The number of amides is 2. The van der Waals surface area contributed by atoms with Crippen molar-refractivity contribution in [3.63, 3.8) is 0 Å². The molecule has 2 rings (SSSR count). The Morgan fingerprint density at radius 1 is 1.23 bits per heavy atom. The van der Waals surface area contributed by atoms with Crippen LogP contribution >= 0.6 is 0 Å². The summed E-state index contributed by atoms with van der Waals surface area (Å²) in [7, 11) is 0. The first kappa shape index (κ1) is 16.2. The van der Waals surface area contributed by atoms with E-state index in [-0.39, 0.29) is 30.4 Å². The minimum atomic E-state index is -0.0811. The van der Waals surface area contributed by atoms with Gasteiger partial charge >= 0.3 is 0 Å². The summed E-state index contributed by atoms with van der Waals surface area (Å²) >= 11 is 0. The molecule has 0 aliphatic carbocycles. The van der Waals surface area contributed by atoms with Crippen LogP contribution in [0, 0.1) is 0 Å². The average Bonchev–Trinajstić information content (AvgIpc) is 2.88. The maximum absolute atomic E-state index is 12.1. The van der Waals surface area contributed by atoms with Crippen molar-refractivity contribution in [2.75, 3.05) is 11.9 Å². The molecule has 5 heteroatoms. The van der Waals surface area contributed by atoms with Gasteiger partial charge in [-0.15, -0.1) is 0 Å². The third kappa shape index (κ3) is 4.41. The van der Waals surface area contributed by atoms with Gasteiger partial charge in [0.15, 0.2) is 5.78 Å². The van der Waals surface area contributed by atoms with Crippen LogP contribution in [0.15, 0.2) is 18.2 Å². The first-order valence-electron chi connectivity index (χ1n) is 7.83. The number of Topliss-reactive ketones (excluding diaryl/α,β-unsaturated/α-hetero) is 1. The maximum atomic E-state index is 12.1. The van der Waals surface area contributed by atoms with Crippen molar-refractivity contribution in [1.29, 1.82) is 0 Å². The van der Waals surface area contributed by atoms with E-state index in [9.17, 15) is 14.4 Å². The molecule has 22 heavy (non-hydrogen) atoms. The van der Waals surface area contributed by atoms with Crippen molar-refractivity contribution < 1.29 is 14.4 Å². The van der Waals surface area contributed by atoms with Gasteiger partial charge in [-0.05, 0) is 30.2 Å². The van der Waals surface area contributed by atoms with Crippen molar-refractivity contribution in [3.05, 3.63) is 29.3 Å². The Labute approximate surface area is 130 Å². The number of fused-ring (bicyclic) bond motifs is 1. The number of hydrogen-bond acceptors (Lipinski definition) is 3. The number of carbonyl (C=O) groups is 3. The molecular weight excluding hydrogens is 280 g/mol. The normalized spacial score (nSPS) is 12.7. The predicted octanol–water partition coefficient (Wildman–Crippen LogP) is 2.45. The standard InChI is InChI=1S/C17H22N2O3/c1-2-3-4-9-18-16(21)8-7-15(20)12-5-6-14-13(10-12)11-17(22)19-14/h5-6,10H,2-4,7-9,11H2,1H3,(H,18,21)(H,19,22). The molecule has 0 saturated carbocycles. The van der Waals surface area contributed by atoms with Crippen molar-refractivity contribution in [2.24, 2.45) is 0 Å². The monoisotopic (exact) mass is 302 g/mol. The fourth-order valence-corrected chi connectivity index (χ4v) is 2.47. The molecule has 1 heterocycles. The summed E-state index contributed by atoms with van der Waals surface area (Å²) < 4.78 is 0. The van der Waals surface area contributed by atoms with E-state index < -0.39 is 0 Å². The third-order valence-corrected chi connectivity index (χ3v) is 3.73. The number of benzene rings is 1. The summed E-state index contributed by atoms with van der Waals surface area (Å²) in [6.07, 6.45) is 3.90. The van der Waals surface area contributed by atoms with Crippen LogP contribution in [0.2, 0.25) is 0 Å². The number of nitrogens with one attached hydrogen (secondary N) is 2. The molecule has 0 aromatic heterocycles. The summed E-state index contributed by atoms with van der Waals surface area (Å²) in [5.41, 5.74) is 2.18. The fourth-order valence-electron chi connectivity index (χ4n) is 2.47. The molecule has 5 nitrogen and oxygen atoms in total. The van der Waals surface area contributed by atoms with Crippen molar-refractivity contribution in [1.82, 2.24) is 5.32 Å². The number of hydrogen-bond donors (Lipinski definition) is 2. The molecule has 1 aromatic carbocycles. The molecule has 1 aliphatic heterocycles. The van der Waals surface area contributed by atoms with Crippen molar-refractivity contribution >= 4 is 23.3 Å². The number of ketones is 1. The zero-order valence-corrected chi connectivity index (χ0v) is 12.9. The molecule has 1 aromatic rings. The lowest BCUT2D eigenvalue weighted by Gasteiger charge is -2.05. The highest BCUT2D eigenvalue weighted by molar-refractivity contribution is 6.02. The predicted molar refractivity (Wildman–Crippen MR) is 84.9 cm³/mol. The van der Waals surface area contributed by atoms with Gasteiger partial charge in [0.1, 0.15) is 0 Å². The van der Waals surface area contributed by atoms with E-state index in [1.54, 1.807) is 18.2 Å². The molecule has 0 unspecified atom stereocenters. The van der Waals surface area contributed by atoms with Crippen molar-refractivity contribution in [3.8, 4) is 0 Å². The highest BCUT2D eigenvalue weighted by Crippen LogP contribution is 2.24. The Balaban J connectivity index is 1.79. The zero-order valence-electron chi connectivity index (χ0n) is 12.9. The minimum absolute atomic E-state index is 0.0499. The van der Waals surface area contributed by atoms with E-state index in [0.29, 0.717) is 18.5 Å². The molecule has 0 spiro atoms. The summed E-state index contributed by atoms with van der Waals surface area (Å²) in [6.45, 7) is 2.79. The topological polar surface area (TPSA) is 75.3 Å². The van der Waals surface area contributed by atoms with Crippen LogP contribution in [0.25, 0.3) is 0 Å². The number of carbonyl (C=O) groups excluding carboxylic acids is 3. The lowest BCUT2D eigenvalue weighted by Crippen LogP contribution is -2.24. The first-order valence-corrected chi connectivity index (χ1v) is 7.83.